The number of rotatable bonds is 4. The molecule has 0 unspecified atom stereocenters. The second-order valence-electron chi connectivity index (χ2n) is 11.1. The molecule has 6 aromatic carbocycles. The van der Waals surface area contributed by atoms with E-state index in [9.17, 15) is 0 Å². The van der Waals surface area contributed by atoms with Gasteiger partial charge in [-0.3, -0.25) is 4.57 Å². The summed E-state index contributed by atoms with van der Waals surface area (Å²) in [6.07, 6.45) is 0. The van der Waals surface area contributed by atoms with Gasteiger partial charge in [-0.05, 0) is 36.4 Å². The van der Waals surface area contributed by atoms with Crippen molar-refractivity contribution in [3.63, 3.8) is 0 Å². The fourth-order valence-corrected chi connectivity index (χ4v) is 6.56. The average molecular weight is 563 g/mol. The Kier molecular flexibility index (Phi) is 5.47. The summed E-state index contributed by atoms with van der Waals surface area (Å²) in [6, 6.07) is 55.4. The highest BCUT2D eigenvalue weighted by atomic mass is 15.2. The van der Waals surface area contributed by atoms with Crippen LogP contribution in [0.4, 0.5) is 0 Å². The molecule has 4 nitrogen and oxygen atoms in total. The molecule has 44 heavy (non-hydrogen) atoms. The SMILES string of the molecule is c1ccc(-c2cc(-c3ccccc3)nc(-n3c4ccccc4c4ccc(-n5c6ccccc6c6ccccc65)cc43)n2)cc1. The van der Waals surface area contributed by atoms with Gasteiger partial charge in [-0.1, -0.05) is 121 Å². The number of hydrogen-bond acceptors (Lipinski definition) is 2. The monoisotopic (exact) mass is 562 g/mol. The first kappa shape index (κ1) is 24.6. The summed E-state index contributed by atoms with van der Waals surface area (Å²) in [5.74, 6) is 0.649. The van der Waals surface area contributed by atoms with Crippen LogP contribution in [0.5, 0.6) is 0 Å². The van der Waals surface area contributed by atoms with Gasteiger partial charge in [-0.25, -0.2) is 9.97 Å². The summed E-state index contributed by atoms with van der Waals surface area (Å²) >= 11 is 0. The lowest BCUT2D eigenvalue weighted by molar-refractivity contribution is 0.994. The van der Waals surface area contributed by atoms with E-state index in [4.69, 9.17) is 9.97 Å². The van der Waals surface area contributed by atoms with E-state index < -0.39 is 0 Å². The summed E-state index contributed by atoms with van der Waals surface area (Å²) in [5.41, 5.74) is 9.49. The molecular weight excluding hydrogens is 536 g/mol. The first-order valence-electron chi connectivity index (χ1n) is 14.9. The molecule has 9 aromatic rings. The molecule has 0 bridgehead atoms. The highest BCUT2D eigenvalue weighted by molar-refractivity contribution is 6.11. The minimum Gasteiger partial charge on any atom is -0.309 e. The molecule has 206 valence electrons. The van der Waals surface area contributed by atoms with Gasteiger partial charge >= 0.3 is 0 Å². The van der Waals surface area contributed by atoms with E-state index in [0.29, 0.717) is 5.95 Å². The Hall–Kier alpha value is -6.00. The number of aromatic nitrogens is 4. The Balaban J connectivity index is 1.36. The third-order valence-corrected chi connectivity index (χ3v) is 8.55. The van der Waals surface area contributed by atoms with Crippen molar-refractivity contribution in [3.05, 3.63) is 158 Å². The van der Waals surface area contributed by atoms with Gasteiger partial charge in [0.05, 0.1) is 33.5 Å². The topological polar surface area (TPSA) is 35.6 Å². The lowest BCUT2D eigenvalue weighted by atomic mass is 10.1. The second kappa shape index (κ2) is 9.79. The summed E-state index contributed by atoms with van der Waals surface area (Å²) in [7, 11) is 0. The molecule has 0 spiro atoms. The van der Waals surface area contributed by atoms with Gasteiger partial charge in [-0.15, -0.1) is 0 Å². The van der Waals surface area contributed by atoms with Crippen LogP contribution in [0.3, 0.4) is 0 Å². The van der Waals surface area contributed by atoms with Crippen molar-refractivity contribution in [2.45, 2.75) is 0 Å². The van der Waals surface area contributed by atoms with Gasteiger partial charge in [0, 0.05) is 38.4 Å². The maximum absolute atomic E-state index is 5.21. The zero-order valence-corrected chi connectivity index (χ0v) is 23.8. The van der Waals surface area contributed by atoms with Gasteiger partial charge in [0.2, 0.25) is 5.95 Å². The maximum Gasteiger partial charge on any atom is 0.235 e. The van der Waals surface area contributed by atoms with Crippen LogP contribution in [-0.2, 0) is 0 Å². The minimum absolute atomic E-state index is 0.649. The number of benzene rings is 6. The first-order valence-corrected chi connectivity index (χ1v) is 14.9. The normalized spacial score (nSPS) is 11.6. The Bertz CT molecular complexity index is 2380. The zero-order valence-electron chi connectivity index (χ0n) is 23.8. The maximum atomic E-state index is 5.21. The molecule has 0 N–H and O–H groups in total. The van der Waals surface area contributed by atoms with Crippen molar-refractivity contribution in [1.82, 2.24) is 19.1 Å². The van der Waals surface area contributed by atoms with Crippen molar-refractivity contribution in [2.75, 3.05) is 0 Å². The molecule has 0 aliphatic rings. The molecule has 0 aliphatic carbocycles. The van der Waals surface area contributed by atoms with Crippen LogP contribution in [0, 0.1) is 0 Å². The fraction of sp³-hybridized carbons (Fsp3) is 0. The lowest BCUT2D eigenvalue weighted by Gasteiger charge is -2.13. The molecule has 3 heterocycles. The van der Waals surface area contributed by atoms with E-state index in [2.05, 4.69) is 155 Å². The smallest absolute Gasteiger partial charge is 0.235 e. The molecule has 0 aliphatic heterocycles. The molecule has 0 atom stereocenters. The predicted molar refractivity (Wildman–Crippen MR) is 182 cm³/mol. The zero-order chi connectivity index (χ0) is 29.0. The van der Waals surface area contributed by atoms with Crippen molar-refractivity contribution in [2.24, 2.45) is 0 Å². The summed E-state index contributed by atoms with van der Waals surface area (Å²) < 4.78 is 4.59. The minimum atomic E-state index is 0.649. The fourth-order valence-electron chi connectivity index (χ4n) is 6.56. The van der Waals surface area contributed by atoms with E-state index in [1.807, 2.05) is 12.1 Å². The molecule has 4 heteroatoms. The molecule has 3 aromatic heterocycles. The largest absolute Gasteiger partial charge is 0.309 e. The van der Waals surface area contributed by atoms with Gasteiger partial charge < -0.3 is 4.57 Å². The Morgan fingerprint density at radius 2 is 0.773 bits per heavy atom. The average Bonchev–Trinajstić information content (AvgIpc) is 3.61. The van der Waals surface area contributed by atoms with E-state index in [-0.39, 0.29) is 0 Å². The summed E-state index contributed by atoms with van der Waals surface area (Å²) in [6.45, 7) is 0. The van der Waals surface area contributed by atoms with E-state index in [0.717, 1.165) is 39.2 Å². The highest BCUT2D eigenvalue weighted by Gasteiger charge is 2.19. The second-order valence-corrected chi connectivity index (χ2v) is 11.1. The van der Waals surface area contributed by atoms with E-state index >= 15 is 0 Å². The van der Waals surface area contributed by atoms with Gasteiger partial charge in [-0.2, -0.15) is 0 Å². The Morgan fingerprint density at radius 1 is 0.341 bits per heavy atom. The van der Waals surface area contributed by atoms with E-state index in [1.54, 1.807) is 0 Å². The van der Waals surface area contributed by atoms with Crippen LogP contribution in [0.2, 0.25) is 0 Å². The Labute approximate surface area is 254 Å². The number of para-hydroxylation sites is 3. The predicted octanol–water partition coefficient (Wildman–Crippen LogP) is 10.0. The van der Waals surface area contributed by atoms with E-state index in [1.165, 1.54) is 32.6 Å². The number of hydrogen-bond donors (Lipinski definition) is 0. The Morgan fingerprint density at radius 3 is 1.30 bits per heavy atom. The molecule has 0 amide bonds. The molecular formula is C40H26N4. The summed E-state index contributed by atoms with van der Waals surface area (Å²) in [5, 5.41) is 4.83. The quantitative estimate of drug-likeness (QED) is 0.214. The third-order valence-electron chi connectivity index (χ3n) is 8.55. The van der Waals surface area contributed by atoms with Crippen LogP contribution in [0.25, 0.3) is 77.8 Å². The lowest BCUT2D eigenvalue weighted by Crippen LogP contribution is -2.04. The number of fused-ring (bicyclic) bond motifs is 6. The molecule has 0 fully saturated rings. The standard InChI is InChI=1S/C40H26N4/c1-3-13-27(14-4-1)34-26-35(28-15-5-2-6-16-28)42-40(41-34)44-38-22-12-9-19-32(38)33-24-23-29(25-39(33)44)43-36-20-10-7-17-30(36)31-18-8-11-21-37(31)43/h1-26H. The van der Waals surface area contributed by atoms with Gasteiger partial charge in [0.15, 0.2) is 0 Å². The molecule has 0 radical (unpaired) electrons. The highest BCUT2D eigenvalue weighted by Crippen LogP contribution is 2.37. The van der Waals surface area contributed by atoms with Gasteiger partial charge in [0.1, 0.15) is 0 Å². The van der Waals surface area contributed by atoms with Crippen LogP contribution in [0.1, 0.15) is 0 Å². The van der Waals surface area contributed by atoms with Gasteiger partial charge in [0.25, 0.3) is 0 Å². The number of nitrogens with zero attached hydrogens (tertiary/aromatic N) is 4. The van der Waals surface area contributed by atoms with Crippen molar-refractivity contribution < 1.29 is 0 Å². The molecule has 0 saturated carbocycles. The van der Waals surface area contributed by atoms with Crippen molar-refractivity contribution in [3.8, 4) is 34.2 Å². The molecule has 9 rings (SSSR count). The van der Waals surface area contributed by atoms with Crippen LogP contribution in [-0.4, -0.2) is 19.1 Å². The van der Waals surface area contributed by atoms with Crippen molar-refractivity contribution in [1.29, 1.82) is 0 Å². The third kappa shape index (κ3) is 3.78. The molecule has 0 saturated heterocycles. The van der Waals surface area contributed by atoms with Crippen LogP contribution < -0.4 is 0 Å². The van der Waals surface area contributed by atoms with Crippen molar-refractivity contribution >= 4 is 43.6 Å². The van der Waals surface area contributed by atoms with Crippen LogP contribution >= 0.6 is 0 Å². The van der Waals surface area contributed by atoms with Crippen LogP contribution in [0.15, 0.2) is 158 Å². The summed E-state index contributed by atoms with van der Waals surface area (Å²) in [4.78, 5) is 10.4. The first-order chi connectivity index (χ1) is 21.8.